The molecule has 6 nitrogen and oxygen atoms in total. The van der Waals surface area contributed by atoms with Gasteiger partial charge in [-0.3, -0.25) is 9.59 Å². The average molecular weight is 472 g/mol. The third kappa shape index (κ3) is 9.55. The van der Waals surface area contributed by atoms with Crippen LogP contribution < -0.4 is 16.0 Å². The molecule has 1 aromatic rings. The third-order valence-electron chi connectivity index (χ3n) is 6.70. The molecular formula is C28H47N4O2. The highest BCUT2D eigenvalue weighted by Gasteiger charge is 2.27. The van der Waals surface area contributed by atoms with E-state index in [1.165, 1.54) is 5.69 Å². The van der Waals surface area contributed by atoms with Gasteiger partial charge >= 0.3 is 0 Å². The molecule has 2 amide bonds. The Morgan fingerprint density at radius 1 is 1.15 bits per heavy atom. The number of nitrogens with zero attached hydrogens (tertiary/aromatic N) is 2. The fourth-order valence-electron chi connectivity index (χ4n) is 4.19. The van der Waals surface area contributed by atoms with Gasteiger partial charge in [0.05, 0.1) is 6.42 Å². The number of nitrogens with one attached hydrogen (secondary N) is 1. The van der Waals surface area contributed by atoms with Crippen LogP contribution in [0.4, 0.5) is 11.4 Å². The molecular weight excluding hydrogens is 424 g/mol. The molecule has 1 radical (unpaired) electrons. The first-order valence-electron chi connectivity index (χ1n) is 13.0. The Kier molecular flexibility index (Phi) is 10.7. The largest absolute Gasteiger partial charge is 0.385 e. The molecule has 6 heteroatoms. The Labute approximate surface area is 207 Å². The number of carbonyl (C=O) groups excluding carboxylic acids is 2. The van der Waals surface area contributed by atoms with Gasteiger partial charge in [-0.15, -0.1) is 0 Å². The Bertz CT molecular complexity index is 762. The number of primary amides is 1. The molecule has 0 aromatic heterocycles. The van der Waals surface area contributed by atoms with Gasteiger partial charge in [0, 0.05) is 49.5 Å². The summed E-state index contributed by atoms with van der Waals surface area (Å²) in [6.45, 7) is 16.6. The van der Waals surface area contributed by atoms with Crippen LogP contribution in [-0.4, -0.2) is 48.9 Å². The van der Waals surface area contributed by atoms with E-state index in [1.54, 1.807) is 13.3 Å². The van der Waals surface area contributed by atoms with Crippen molar-refractivity contribution in [2.24, 2.45) is 23.0 Å². The van der Waals surface area contributed by atoms with Gasteiger partial charge < -0.3 is 20.9 Å². The summed E-state index contributed by atoms with van der Waals surface area (Å²) in [6, 6.07) is 9.26. The number of hydrogen-bond donors (Lipinski definition) is 2. The molecule has 1 atom stereocenters. The van der Waals surface area contributed by atoms with Crippen LogP contribution in [0.1, 0.15) is 73.6 Å². The Morgan fingerprint density at radius 3 is 2.29 bits per heavy atom. The van der Waals surface area contributed by atoms with Gasteiger partial charge in [-0.2, -0.15) is 0 Å². The Balaban J connectivity index is 1.95. The maximum atomic E-state index is 12.6. The fourth-order valence-corrected chi connectivity index (χ4v) is 4.19. The minimum atomic E-state index is -0.362. The maximum Gasteiger partial charge on any atom is 0.226 e. The van der Waals surface area contributed by atoms with Crippen LogP contribution in [0, 0.1) is 23.7 Å². The third-order valence-corrected chi connectivity index (χ3v) is 6.70. The molecule has 0 aliphatic carbocycles. The maximum absolute atomic E-state index is 12.6. The lowest BCUT2D eigenvalue weighted by Crippen LogP contribution is -2.47. The number of nitrogens with two attached hydrogens (primary N) is 1. The number of benzene rings is 1. The van der Waals surface area contributed by atoms with Crippen molar-refractivity contribution in [2.75, 3.05) is 36.4 Å². The second-order valence-corrected chi connectivity index (χ2v) is 11.5. The number of carbonyl (C=O) groups is 2. The normalized spacial score (nSPS) is 15.9. The minimum absolute atomic E-state index is 0.0194. The lowest BCUT2D eigenvalue weighted by molar-refractivity contribution is -0.129. The zero-order chi connectivity index (χ0) is 25.3. The van der Waals surface area contributed by atoms with Crippen molar-refractivity contribution in [1.29, 1.82) is 0 Å². The molecule has 3 N–H and O–H groups in total. The summed E-state index contributed by atoms with van der Waals surface area (Å²) >= 11 is 0. The summed E-state index contributed by atoms with van der Waals surface area (Å²) in [5, 5.41) is 3.55. The number of hydrogen-bond acceptors (Lipinski definition) is 4. The molecule has 1 unspecified atom stereocenters. The Morgan fingerprint density at radius 2 is 1.76 bits per heavy atom. The van der Waals surface area contributed by atoms with E-state index in [0.717, 1.165) is 57.5 Å². The minimum Gasteiger partial charge on any atom is -0.385 e. The van der Waals surface area contributed by atoms with Crippen LogP contribution in [-0.2, 0) is 9.59 Å². The predicted molar refractivity (Wildman–Crippen MR) is 143 cm³/mol. The number of rotatable bonds is 12. The molecule has 1 aliphatic heterocycles. The van der Waals surface area contributed by atoms with Gasteiger partial charge in [0.1, 0.15) is 0 Å². The second kappa shape index (κ2) is 13.0. The van der Waals surface area contributed by atoms with Crippen LogP contribution in [0.3, 0.4) is 0 Å². The first-order valence-corrected chi connectivity index (χ1v) is 13.0. The quantitative estimate of drug-likeness (QED) is 0.445. The van der Waals surface area contributed by atoms with Crippen LogP contribution in [0.25, 0.3) is 0 Å². The van der Waals surface area contributed by atoms with Crippen LogP contribution in [0.15, 0.2) is 24.3 Å². The molecule has 191 valence electrons. The highest BCUT2D eigenvalue weighted by Crippen LogP contribution is 2.27. The summed E-state index contributed by atoms with van der Waals surface area (Å²) in [5.74, 6) is -0.00627. The van der Waals surface area contributed by atoms with E-state index in [-0.39, 0.29) is 17.7 Å². The number of likely N-dealkylation sites (tertiary alicyclic amines) is 1. The topological polar surface area (TPSA) is 78.7 Å². The zero-order valence-corrected chi connectivity index (χ0v) is 22.3. The molecule has 2 rings (SSSR count). The lowest BCUT2D eigenvalue weighted by atomic mass is 9.92. The van der Waals surface area contributed by atoms with E-state index < -0.39 is 0 Å². The number of anilines is 2. The van der Waals surface area contributed by atoms with Crippen molar-refractivity contribution >= 4 is 23.2 Å². The first kappa shape index (κ1) is 28.0. The molecule has 0 spiro atoms. The second-order valence-electron chi connectivity index (χ2n) is 11.5. The van der Waals surface area contributed by atoms with E-state index in [2.05, 4.69) is 69.1 Å². The van der Waals surface area contributed by atoms with E-state index in [9.17, 15) is 9.59 Å². The average Bonchev–Trinajstić information content (AvgIpc) is 2.77. The molecule has 1 fully saturated rings. The van der Waals surface area contributed by atoms with Crippen LogP contribution in [0.5, 0.6) is 0 Å². The molecule has 0 saturated carbocycles. The molecule has 1 aliphatic rings. The summed E-state index contributed by atoms with van der Waals surface area (Å²) < 4.78 is 0. The first-order chi connectivity index (χ1) is 16.0. The van der Waals surface area contributed by atoms with Crippen molar-refractivity contribution < 1.29 is 9.59 Å². The van der Waals surface area contributed by atoms with Gasteiger partial charge in [0.2, 0.25) is 11.8 Å². The Hall–Kier alpha value is -2.24. The predicted octanol–water partition coefficient (Wildman–Crippen LogP) is 5.09. The summed E-state index contributed by atoms with van der Waals surface area (Å²) in [7, 11) is 0. The number of amides is 2. The lowest BCUT2D eigenvalue weighted by Gasteiger charge is -2.40. The fraction of sp³-hybridized carbons (Fsp3) is 0.679. The summed E-state index contributed by atoms with van der Waals surface area (Å²) in [4.78, 5) is 28.3. The molecule has 1 heterocycles. The van der Waals surface area contributed by atoms with Crippen molar-refractivity contribution in [3.63, 3.8) is 0 Å². The van der Waals surface area contributed by atoms with Crippen molar-refractivity contribution in [3.05, 3.63) is 30.7 Å². The molecule has 1 aromatic carbocycles. The van der Waals surface area contributed by atoms with Crippen molar-refractivity contribution in [1.82, 2.24) is 4.90 Å². The van der Waals surface area contributed by atoms with Gasteiger partial charge in [-0.25, -0.2) is 0 Å². The van der Waals surface area contributed by atoms with Gasteiger partial charge in [-0.1, -0.05) is 41.5 Å². The summed E-state index contributed by atoms with van der Waals surface area (Å²) in [5.41, 5.74) is 8.06. The van der Waals surface area contributed by atoms with Gasteiger partial charge in [-0.05, 0) is 67.7 Å². The zero-order valence-electron chi connectivity index (χ0n) is 22.3. The molecule has 34 heavy (non-hydrogen) atoms. The van der Waals surface area contributed by atoms with Crippen LogP contribution in [0.2, 0.25) is 0 Å². The van der Waals surface area contributed by atoms with Gasteiger partial charge in [0.15, 0.2) is 0 Å². The highest BCUT2D eigenvalue weighted by atomic mass is 16.2. The van der Waals surface area contributed by atoms with Crippen molar-refractivity contribution in [3.8, 4) is 0 Å². The smallest absolute Gasteiger partial charge is 0.226 e. The van der Waals surface area contributed by atoms with E-state index in [0.29, 0.717) is 23.8 Å². The highest BCUT2D eigenvalue weighted by molar-refractivity contribution is 5.86. The van der Waals surface area contributed by atoms with Crippen LogP contribution >= 0.6 is 0 Å². The standard InChI is InChI=1S/C28H47N4O2/c1-21(2)13-20-32(24-10-8-23(9-11-24)30-17-16-28(4,5)6)25-14-18-31(19-15-25)26(33)12-7-22(3)27(29)34/h8-12,21-22,25,30H,7,13-20H2,1-6H3,(H2,29,34). The van der Waals surface area contributed by atoms with Crippen molar-refractivity contribution in [2.45, 2.75) is 79.7 Å². The van der Waals surface area contributed by atoms with E-state index in [1.807, 2.05) is 4.90 Å². The molecule has 0 bridgehead atoms. The van der Waals surface area contributed by atoms with E-state index in [4.69, 9.17) is 5.73 Å². The summed E-state index contributed by atoms with van der Waals surface area (Å²) in [6.07, 6.45) is 6.21. The SMILES string of the molecule is CC(C)CCN(c1ccc(NCCC(C)(C)C)cc1)C1CCN(C(=O)[CH]CC(C)C(N)=O)CC1. The molecule has 1 saturated heterocycles. The van der Waals surface area contributed by atoms with E-state index >= 15 is 0 Å². The van der Waals surface area contributed by atoms with Gasteiger partial charge in [0.25, 0.3) is 0 Å². The number of piperidine rings is 1. The monoisotopic (exact) mass is 471 g/mol.